The van der Waals surface area contributed by atoms with Gasteiger partial charge in [-0.1, -0.05) is 32.4 Å². The first-order chi connectivity index (χ1) is 5.41. The van der Waals surface area contributed by atoms with E-state index in [2.05, 4.69) is 9.97 Å². The highest BCUT2D eigenvalue weighted by atomic mass is 35.5. The topological polar surface area (TPSA) is 51.8 Å². The SMILES string of the molecule is CC(C)(C)c1cnc(N)nc1Cl. The Hall–Kier alpha value is -0.830. The van der Waals surface area contributed by atoms with Gasteiger partial charge in [0.15, 0.2) is 0 Å². The first-order valence-electron chi connectivity index (χ1n) is 3.70. The second-order valence-electron chi connectivity index (χ2n) is 3.68. The molecule has 1 heterocycles. The summed E-state index contributed by atoms with van der Waals surface area (Å²) in [7, 11) is 0. The van der Waals surface area contributed by atoms with Gasteiger partial charge in [-0.3, -0.25) is 0 Å². The molecule has 0 aliphatic heterocycles. The van der Waals surface area contributed by atoms with Gasteiger partial charge in [0.05, 0.1) is 0 Å². The molecule has 0 aliphatic rings. The van der Waals surface area contributed by atoms with Crippen molar-refractivity contribution in [3.05, 3.63) is 16.9 Å². The fourth-order valence-corrected chi connectivity index (χ4v) is 1.30. The van der Waals surface area contributed by atoms with Crippen molar-refractivity contribution in [3.8, 4) is 0 Å². The lowest BCUT2D eigenvalue weighted by atomic mass is 9.89. The number of nitrogens with zero attached hydrogens (tertiary/aromatic N) is 2. The molecule has 66 valence electrons. The maximum Gasteiger partial charge on any atom is 0.221 e. The number of halogens is 1. The van der Waals surface area contributed by atoms with Crippen LogP contribution in [-0.2, 0) is 5.41 Å². The number of hydrogen-bond donors (Lipinski definition) is 1. The van der Waals surface area contributed by atoms with E-state index in [-0.39, 0.29) is 11.4 Å². The Balaban J connectivity index is 3.19. The second kappa shape index (κ2) is 2.90. The van der Waals surface area contributed by atoms with Gasteiger partial charge in [0.25, 0.3) is 0 Å². The molecule has 0 unspecified atom stereocenters. The number of aromatic nitrogens is 2. The van der Waals surface area contributed by atoms with Gasteiger partial charge in [-0.25, -0.2) is 9.97 Å². The van der Waals surface area contributed by atoms with E-state index in [0.29, 0.717) is 5.15 Å². The third kappa shape index (κ3) is 1.85. The lowest BCUT2D eigenvalue weighted by molar-refractivity contribution is 0.585. The molecule has 0 saturated carbocycles. The number of anilines is 1. The maximum absolute atomic E-state index is 5.88. The molecule has 2 N–H and O–H groups in total. The smallest absolute Gasteiger partial charge is 0.221 e. The minimum atomic E-state index is -0.0369. The van der Waals surface area contributed by atoms with Gasteiger partial charge in [0, 0.05) is 11.8 Å². The van der Waals surface area contributed by atoms with Crippen LogP contribution in [0.1, 0.15) is 26.3 Å². The summed E-state index contributed by atoms with van der Waals surface area (Å²) in [4.78, 5) is 7.76. The van der Waals surface area contributed by atoms with Gasteiger partial charge < -0.3 is 5.73 Å². The Morgan fingerprint density at radius 1 is 1.42 bits per heavy atom. The van der Waals surface area contributed by atoms with Gasteiger partial charge >= 0.3 is 0 Å². The van der Waals surface area contributed by atoms with E-state index in [9.17, 15) is 0 Å². The van der Waals surface area contributed by atoms with E-state index in [0.717, 1.165) is 5.56 Å². The van der Waals surface area contributed by atoms with Crippen molar-refractivity contribution in [2.45, 2.75) is 26.2 Å². The molecule has 0 radical (unpaired) electrons. The Labute approximate surface area is 77.0 Å². The van der Waals surface area contributed by atoms with E-state index in [1.807, 2.05) is 20.8 Å². The molecule has 0 saturated heterocycles. The minimum absolute atomic E-state index is 0.0369. The molecule has 3 nitrogen and oxygen atoms in total. The zero-order valence-electron chi connectivity index (χ0n) is 7.43. The molecule has 0 aliphatic carbocycles. The van der Waals surface area contributed by atoms with E-state index in [1.54, 1.807) is 6.20 Å². The summed E-state index contributed by atoms with van der Waals surface area (Å²) in [5.74, 6) is 0.216. The first kappa shape index (κ1) is 9.26. The van der Waals surface area contributed by atoms with Crippen LogP contribution in [0.25, 0.3) is 0 Å². The normalized spacial score (nSPS) is 11.7. The van der Waals surface area contributed by atoms with Crippen molar-refractivity contribution in [1.29, 1.82) is 0 Å². The summed E-state index contributed by atoms with van der Waals surface area (Å²) in [6, 6.07) is 0. The van der Waals surface area contributed by atoms with Crippen molar-refractivity contribution in [1.82, 2.24) is 9.97 Å². The van der Waals surface area contributed by atoms with Gasteiger partial charge in [-0.15, -0.1) is 0 Å². The van der Waals surface area contributed by atoms with E-state index >= 15 is 0 Å². The Bertz CT molecular complexity index is 291. The predicted molar refractivity (Wildman–Crippen MR) is 50.2 cm³/mol. The number of nitrogens with two attached hydrogens (primary N) is 1. The molecule has 12 heavy (non-hydrogen) atoms. The van der Waals surface area contributed by atoms with Gasteiger partial charge in [0.1, 0.15) is 5.15 Å². The molecule has 0 fully saturated rings. The summed E-state index contributed by atoms with van der Waals surface area (Å²) in [6.07, 6.45) is 1.67. The molecule has 1 rings (SSSR count). The summed E-state index contributed by atoms with van der Waals surface area (Å²) >= 11 is 5.88. The van der Waals surface area contributed by atoms with Crippen LogP contribution in [0, 0.1) is 0 Å². The highest BCUT2D eigenvalue weighted by molar-refractivity contribution is 6.30. The third-order valence-corrected chi connectivity index (χ3v) is 1.86. The lowest BCUT2D eigenvalue weighted by Gasteiger charge is -2.18. The average molecular weight is 186 g/mol. The average Bonchev–Trinajstić information content (AvgIpc) is 1.83. The number of rotatable bonds is 0. The molecule has 0 aromatic carbocycles. The van der Waals surface area contributed by atoms with Crippen LogP contribution in [-0.4, -0.2) is 9.97 Å². The molecule has 0 spiro atoms. The Morgan fingerprint density at radius 2 is 2.00 bits per heavy atom. The van der Waals surface area contributed by atoms with Crippen LogP contribution in [0.4, 0.5) is 5.95 Å². The lowest BCUT2D eigenvalue weighted by Crippen LogP contribution is -2.13. The van der Waals surface area contributed by atoms with Gasteiger partial charge in [-0.2, -0.15) is 0 Å². The minimum Gasteiger partial charge on any atom is -0.368 e. The fraction of sp³-hybridized carbons (Fsp3) is 0.500. The first-order valence-corrected chi connectivity index (χ1v) is 4.07. The van der Waals surface area contributed by atoms with Crippen molar-refractivity contribution < 1.29 is 0 Å². The molecular weight excluding hydrogens is 174 g/mol. The highest BCUT2D eigenvalue weighted by Gasteiger charge is 2.18. The second-order valence-corrected chi connectivity index (χ2v) is 4.04. The van der Waals surface area contributed by atoms with E-state index in [1.165, 1.54) is 0 Å². The number of nitrogen functional groups attached to an aromatic ring is 1. The largest absolute Gasteiger partial charge is 0.368 e. The summed E-state index contributed by atoms with van der Waals surface area (Å²) < 4.78 is 0. The molecule has 1 aromatic heterocycles. The number of hydrogen-bond acceptors (Lipinski definition) is 3. The maximum atomic E-state index is 5.88. The Morgan fingerprint density at radius 3 is 2.42 bits per heavy atom. The zero-order valence-corrected chi connectivity index (χ0v) is 8.18. The monoisotopic (exact) mass is 185 g/mol. The highest BCUT2D eigenvalue weighted by Crippen LogP contribution is 2.27. The van der Waals surface area contributed by atoms with Crippen molar-refractivity contribution in [2.24, 2.45) is 0 Å². The molecule has 0 bridgehead atoms. The fourth-order valence-electron chi connectivity index (χ4n) is 0.877. The summed E-state index contributed by atoms with van der Waals surface area (Å²) in [6.45, 7) is 6.15. The van der Waals surface area contributed by atoms with Crippen LogP contribution >= 0.6 is 11.6 Å². The van der Waals surface area contributed by atoms with E-state index < -0.39 is 0 Å². The molecular formula is C8H12ClN3. The summed E-state index contributed by atoms with van der Waals surface area (Å²) in [5.41, 5.74) is 6.24. The zero-order chi connectivity index (χ0) is 9.35. The molecule has 4 heteroatoms. The van der Waals surface area contributed by atoms with Crippen LogP contribution in [0.15, 0.2) is 6.20 Å². The Kier molecular flexibility index (Phi) is 2.24. The molecule has 0 amide bonds. The van der Waals surface area contributed by atoms with Gasteiger partial charge in [-0.05, 0) is 5.41 Å². The van der Waals surface area contributed by atoms with E-state index in [4.69, 9.17) is 17.3 Å². The van der Waals surface area contributed by atoms with Crippen LogP contribution in [0.2, 0.25) is 5.15 Å². The standard InChI is InChI=1S/C8H12ClN3/c1-8(2,3)5-4-11-7(10)12-6(5)9/h4H,1-3H3,(H2,10,11,12). The predicted octanol–water partition coefficient (Wildman–Crippen LogP) is 2.01. The van der Waals surface area contributed by atoms with Crippen LogP contribution in [0.5, 0.6) is 0 Å². The van der Waals surface area contributed by atoms with Crippen LogP contribution in [0.3, 0.4) is 0 Å². The third-order valence-electron chi connectivity index (χ3n) is 1.57. The molecule has 1 aromatic rings. The van der Waals surface area contributed by atoms with Crippen LogP contribution < -0.4 is 5.73 Å². The van der Waals surface area contributed by atoms with Gasteiger partial charge in [0.2, 0.25) is 5.95 Å². The van der Waals surface area contributed by atoms with Crippen molar-refractivity contribution >= 4 is 17.5 Å². The van der Waals surface area contributed by atoms with Crippen molar-refractivity contribution in [3.63, 3.8) is 0 Å². The summed E-state index contributed by atoms with van der Waals surface area (Å²) in [5, 5.41) is 0.440. The quantitative estimate of drug-likeness (QED) is 0.630. The van der Waals surface area contributed by atoms with Crippen molar-refractivity contribution in [2.75, 3.05) is 5.73 Å². The molecule has 0 atom stereocenters.